The molecule has 0 saturated carbocycles. The van der Waals surface area contributed by atoms with E-state index in [4.69, 9.17) is 28.4 Å². The van der Waals surface area contributed by atoms with E-state index in [0.29, 0.717) is 51.8 Å². The molecule has 0 saturated heterocycles. The van der Waals surface area contributed by atoms with Gasteiger partial charge in [0, 0.05) is 5.56 Å². The van der Waals surface area contributed by atoms with E-state index in [1.54, 1.807) is 45.0 Å². The van der Waals surface area contributed by atoms with Crippen molar-refractivity contribution in [2.24, 2.45) is 5.92 Å². The van der Waals surface area contributed by atoms with Gasteiger partial charge in [-0.05, 0) is 68.5 Å². The highest BCUT2D eigenvalue weighted by molar-refractivity contribution is 6.05. The van der Waals surface area contributed by atoms with Crippen LogP contribution >= 0.6 is 0 Å². The summed E-state index contributed by atoms with van der Waals surface area (Å²) in [6.45, 7) is 8.93. The number of carbonyl (C=O) groups is 3. The highest BCUT2D eigenvalue weighted by Gasteiger charge is 2.29. The molecule has 1 aliphatic heterocycles. The normalized spacial score (nSPS) is 13.6. The summed E-state index contributed by atoms with van der Waals surface area (Å²) < 4.78 is 33.4. The first-order chi connectivity index (χ1) is 19.8. The third-order valence-corrected chi connectivity index (χ3v) is 6.22. The lowest BCUT2D eigenvalue weighted by Crippen LogP contribution is -2.46. The summed E-state index contributed by atoms with van der Waals surface area (Å²) in [7, 11) is 5.93. The van der Waals surface area contributed by atoms with Crippen LogP contribution in [0.25, 0.3) is 5.57 Å². The molecule has 2 amide bonds. The lowest BCUT2D eigenvalue weighted by molar-refractivity contribution is -0.118. The molecule has 2 aromatic rings. The van der Waals surface area contributed by atoms with Crippen molar-refractivity contribution in [2.45, 2.75) is 52.7 Å². The van der Waals surface area contributed by atoms with E-state index >= 15 is 0 Å². The number of hydrogen-bond acceptors (Lipinski definition) is 9. The van der Waals surface area contributed by atoms with Crippen molar-refractivity contribution in [3.63, 3.8) is 0 Å². The number of anilines is 1. The van der Waals surface area contributed by atoms with Gasteiger partial charge in [-0.1, -0.05) is 19.9 Å². The first-order valence-corrected chi connectivity index (χ1v) is 13.5. The van der Waals surface area contributed by atoms with Crippen LogP contribution in [0.5, 0.6) is 28.7 Å². The van der Waals surface area contributed by atoms with Gasteiger partial charge in [0.1, 0.15) is 17.4 Å². The van der Waals surface area contributed by atoms with Crippen molar-refractivity contribution in [1.82, 2.24) is 5.32 Å². The number of methoxy groups -OCH3 is 4. The fourth-order valence-electron chi connectivity index (χ4n) is 4.48. The Kier molecular flexibility index (Phi) is 10.3. The van der Waals surface area contributed by atoms with Crippen LogP contribution in [0.15, 0.2) is 30.3 Å². The van der Waals surface area contributed by atoms with Crippen LogP contribution in [0.1, 0.15) is 52.2 Å². The Morgan fingerprint density at radius 2 is 1.62 bits per heavy atom. The molecular weight excluding hydrogens is 544 g/mol. The standard InChI is InChI=1S/C31H40N2O9/c1-17(2)12-23(33-30(36)42-31(3,4)5)29(35)32-22-13-18(10-11-24(22)37-6)20-14-19(34)16-41-26-21(20)15-25(38-7)27(39-8)28(26)40-9/h10-11,13-15,17,23H,12,16H2,1-9H3,(H,32,35)(H,33,36). The molecule has 3 rings (SSSR count). The van der Waals surface area contributed by atoms with Crippen molar-refractivity contribution >= 4 is 29.0 Å². The molecule has 1 aliphatic rings. The van der Waals surface area contributed by atoms with Gasteiger partial charge >= 0.3 is 6.09 Å². The molecule has 1 atom stereocenters. The number of alkyl carbamates (subject to hydrolysis) is 1. The van der Waals surface area contributed by atoms with Gasteiger partial charge in [0.2, 0.25) is 17.4 Å². The summed E-state index contributed by atoms with van der Waals surface area (Å²) in [5.41, 5.74) is 1.24. The second-order valence-electron chi connectivity index (χ2n) is 11.1. The van der Waals surface area contributed by atoms with Gasteiger partial charge in [-0.3, -0.25) is 9.59 Å². The molecule has 0 fully saturated rings. The number of carbonyl (C=O) groups excluding carboxylic acids is 3. The molecule has 0 spiro atoms. The molecule has 2 N–H and O–H groups in total. The number of hydrogen-bond donors (Lipinski definition) is 2. The smallest absolute Gasteiger partial charge is 0.408 e. The lowest BCUT2D eigenvalue weighted by Gasteiger charge is -2.24. The highest BCUT2D eigenvalue weighted by atomic mass is 16.6. The monoisotopic (exact) mass is 584 g/mol. The molecule has 2 aromatic carbocycles. The molecular formula is C31H40N2O9. The van der Waals surface area contributed by atoms with Crippen molar-refractivity contribution in [1.29, 1.82) is 0 Å². The number of amides is 2. The lowest BCUT2D eigenvalue weighted by atomic mass is 9.94. The molecule has 0 aromatic heterocycles. The molecule has 11 heteroatoms. The molecule has 0 aliphatic carbocycles. The van der Waals surface area contributed by atoms with E-state index in [0.717, 1.165) is 0 Å². The number of ether oxygens (including phenoxy) is 6. The summed E-state index contributed by atoms with van der Waals surface area (Å²) in [6, 6.07) is 5.96. The van der Waals surface area contributed by atoms with E-state index in [9.17, 15) is 14.4 Å². The second-order valence-corrected chi connectivity index (χ2v) is 11.1. The minimum absolute atomic E-state index is 0.101. The van der Waals surface area contributed by atoms with Crippen LogP contribution in [-0.4, -0.2) is 64.5 Å². The molecule has 0 radical (unpaired) electrons. The van der Waals surface area contributed by atoms with Gasteiger partial charge in [0.25, 0.3) is 0 Å². The summed E-state index contributed by atoms with van der Waals surface area (Å²) >= 11 is 0. The first-order valence-electron chi connectivity index (χ1n) is 13.5. The van der Waals surface area contributed by atoms with Gasteiger partial charge in [0.15, 0.2) is 23.9 Å². The predicted octanol–water partition coefficient (Wildman–Crippen LogP) is 4.99. The molecule has 1 unspecified atom stereocenters. The largest absolute Gasteiger partial charge is 0.495 e. The van der Waals surface area contributed by atoms with Crippen molar-refractivity contribution in [3.05, 3.63) is 41.5 Å². The minimum atomic E-state index is -0.873. The third-order valence-electron chi connectivity index (χ3n) is 6.22. The van der Waals surface area contributed by atoms with E-state index in [-0.39, 0.29) is 24.1 Å². The molecule has 0 bridgehead atoms. The number of rotatable bonds is 10. The summed E-state index contributed by atoms with van der Waals surface area (Å²) in [6.07, 6.45) is 1.15. The van der Waals surface area contributed by atoms with Gasteiger partial charge in [-0.2, -0.15) is 0 Å². The predicted molar refractivity (Wildman–Crippen MR) is 158 cm³/mol. The zero-order chi connectivity index (χ0) is 31.2. The number of ketones is 1. The summed E-state index contributed by atoms with van der Waals surface area (Å²) in [4.78, 5) is 38.8. The second kappa shape index (κ2) is 13.5. The van der Waals surface area contributed by atoms with Gasteiger partial charge in [0.05, 0.1) is 34.1 Å². The Morgan fingerprint density at radius 1 is 0.952 bits per heavy atom. The van der Waals surface area contributed by atoms with Gasteiger partial charge in [-0.15, -0.1) is 0 Å². The van der Waals surface area contributed by atoms with E-state index in [1.165, 1.54) is 34.5 Å². The van der Waals surface area contributed by atoms with E-state index < -0.39 is 23.6 Å². The maximum atomic E-state index is 13.5. The fourth-order valence-corrected chi connectivity index (χ4v) is 4.48. The van der Waals surface area contributed by atoms with E-state index in [2.05, 4.69) is 10.6 Å². The maximum Gasteiger partial charge on any atom is 0.408 e. The zero-order valence-electron chi connectivity index (χ0n) is 25.6. The Labute approximate surface area is 246 Å². The minimum Gasteiger partial charge on any atom is -0.495 e. The van der Waals surface area contributed by atoms with E-state index in [1.807, 2.05) is 13.8 Å². The average molecular weight is 585 g/mol. The van der Waals surface area contributed by atoms with Crippen LogP contribution in [0.3, 0.4) is 0 Å². The summed E-state index contributed by atoms with van der Waals surface area (Å²) in [5.74, 6) is 1.05. The molecule has 42 heavy (non-hydrogen) atoms. The SMILES string of the molecule is COc1ccc(C2=CC(=O)COc3c2cc(OC)c(OC)c3OC)cc1NC(=O)C(CC(C)C)NC(=O)OC(C)(C)C. The van der Waals surface area contributed by atoms with Crippen LogP contribution in [0, 0.1) is 5.92 Å². The van der Waals surface area contributed by atoms with Crippen molar-refractivity contribution < 1.29 is 42.8 Å². The van der Waals surface area contributed by atoms with Crippen LogP contribution in [0.4, 0.5) is 10.5 Å². The summed E-state index contributed by atoms with van der Waals surface area (Å²) in [5, 5.41) is 5.56. The Morgan fingerprint density at radius 3 is 2.19 bits per heavy atom. The quantitative estimate of drug-likeness (QED) is 0.396. The Balaban J connectivity index is 2.06. The van der Waals surface area contributed by atoms with Crippen LogP contribution in [-0.2, 0) is 14.3 Å². The molecule has 1 heterocycles. The van der Waals surface area contributed by atoms with Gasteiger partial charge < -0.3 is 39.1 Å². The highest BCUT2D eigenvalue weighted by Crippen LogP contribution is 2.50. The third kappa shape index (κ3) is 7.65. The van der Waals surface area contributed by atoms with Crippen molar-refractivity contribution in [3.8, 4) is 28.7 Å². The van der Waals surface area contributed by atoms with Crippen LogP contribution < -0.4 is 34.3 Å². The number of fused-ring (bicyclic) bond motifs is 1. The average Bonchev–Trinajstić information content (AvgIpc) is 3.08. The number of nitrogens with one attached hydrogen (secondary N) is 2. The number of benzene rings is 2. The Hall–Kier alpha value is -4.41. The maximum absolute atomic E-state index is 13.5. The van der Waals surface area contributed by atoms with Crippen molar-refractivity contribution in [2.75, 3.05) is 40.4 Å². The Bertz CT molecular complexity index is 1360. The van der Waals surface area contributed by atoms with Gasteiger partial charge in [-0.25, -0.2) is 4.79 Å². The molecule has 11 nitrogen and oxygen atoms in total. The zero-order valence-corrected chi connectivity index (χ0v) is 25.6. The first kappa shape index (κ1) is 32.1. The topological polar surface area (TPSA) is 131 Å². The fraction of sp³-hybridized carbons (Fsp3) is 0.452. The van der Waals surface area contributed by atoms with Crippen LogP contribution in [0.2, 0.25) is 0 Å². The molecule has 228 valence electrons.